The maximum atomic E-state index is 3.68. The van der Waals surface area contributed by atoms with Crippen LogP contribution in [0.5, 0.6) is 0 Å². The molecule has 0 atom stereocenters. The largest absolute Gasteiger partial charge is 0.181 e. The summed E-state index contributed by atoms with van der Waals surface area (Å²) in [5.74, 6) is 0. The molecule has 52 valence electrons. The van der Waals surface area contributed by atoms with Crippen LogP contribution >= 0.6 is 0 Å². The second-order valence-electron chi connectivity index (χ2n) is 1.67. The first-order valence-corrected chi connectivity index (χ1v) is 2.98. The van der Waals surface area contributed by atoms with Crippen LogP contribution < -0.4 is 0 Å². The van der Waals surface area contributed by atoms with Crippen LogP contribution in [0.4, 0.5) is 0 Å². The Morgan fingerprint density at radius 1 is 0.900 bits per heavy atom. The molecule has 1 heteroatoms. The van der Waals surface area contributed by atoms with E-state index in [1.807, 2.05) is 0 Å². The van der Waals surface area contributed by atoms with Crippen LogP contribution in [-0.4, -0.2) is 11.3 Å². The molecule has 0 unspecified atom stereocenters. The SMILES string of the molecule is C=CC=C[N+](=C)C=CC=C. The monoisotopic (exact) mass is 134 g/mol. The maximum absolute atomic E-state index is 3.68. The van der Waals surface area contributed by atoms with E-state index in [0.717, 1.165) is 0 Å². The second kappa shape index (κ2) is 5.76. The lowest BCUT2D eigenvalue weighted by Crippen LogP contribution is -1.86. The molecule has 0 aromatic heterocycles. The summed E-state index contributed by atoms with van der Waals surface area (Å²) >= 11 is 0. The summed E-state index contributed by atoms with van der Waals surface area (Å²) in [6, 6.07) is 0. The Balaban J connectivity index is 3.85. The highest BCUT2D eigenvalue weighted by Crippen LogP contribution is 1.79. The van der Waals surface area contributed by atoms with Gasteiger partial charge in [-0.25, -0.2) is 0 Å². The summed E-state index contributed by atoms with van der Waals surface area (Å²) in [6.45, 7) is 10.7. The van der Waals surface area contributed by atoms with Gasteiger partial charge in [-0.1, -0.05) is 25.3 Å². The third-order valence-electron chi connectivity index (χ3n) is 0.827. The van der Waals surface area contributed by atoms with Gasteiger partial charge < -0.3 is 0 Å². The standard InChI is InChI=1S/C9H12N/c1-4-6-8-10(3)9-7-5-2/h4-9H,1-3H2/q+1. The van der Waals surface area contributed by atoms with E-state index in [0.29, 0.717) is 0 Å². The fraction of sp³-hybridized carbons (Fsp3) is 0. The van der Waals surface area contributed by atoms with E-state index < -0.39 is 0 Å². The molecule has 10 heavy (non-hydrogen) atoms. The Hall–Kier alpha value is -1.37. The zero-order valence-corrected chi connectivity index (χ0v) is 6.03. The molecule has 0 saturated heterocycles. The molecule has 0 aliphatic rings. The topological polar surface area (TPSA) is 3.01 Å². The van der Waals surface area contributed by atoms with E-state index >= 15 is 0 Å². The summed E-state index contributed by atoms with van der Waals surface area (Å²) in [6.07, 6.45) is 10.6. The highest BCUT2D eigenvalue weighted by atomic mass is 14.9. The van der Waals surface area contributed by atoms with Crippen LogP contribution in [0, 0.1) is 0 Å². The van der Waals surface area contributed by atoms with Crippen molar-refractivity contribution in [1.82, 2.24) is 0 Å². The van der Waals surface area contributed by atoms with E-state index in [2.05, 4.69) is 19.9 Å². The van der Waals surface area contributed by atoms with Gasteiger partial charge in [0.15, 0.2) is 12.4 Å². The zero-order valence-electron chi connectivity index (χ0n) is 6.03. The molecule has 0 saturated carbocycles. The highest BCUT2D eigenvalue weighted by molar-refractivity contribution is 5.17. The number of hydrogen-bond donors (Lipinski definition) is 0. The highest BCUT2D eigenvalue weighted by Gasteiger charge is 1.80. The minimum atomic E-state index is 1.67. The van der Waals surface area contributed by atoms with Gasteiger partial charge in [0.1, 0.15) is 6.72 Å². The lowest BCUT2D eigenvalue weighted by molar-refractivity contribution is -0.367. The van der Waals surface area contributed by atoms with Crippen molar-refractivity contribution < 1.29 is 4.58 Å². The van der Waals surface area contributed by atoms with Crippen molar-refractivity contribution >= 4 is 6.72 Å². The summed E-state index contributed by atoms with van der Waals surface area (Å²) in [5, 5.41) is 0. The lowest BCUT2D eigenvalue weighted by atomic mass is 10.5. The molecule has 0 aromatic rings. The number of hydrogen-bond acceptors (Lipinski definition) is 0. The predicted octanol–water partition coefficient (Wildman–Crippen LogP) is 2.10. The molecule has 0 N–H and O–H groups in total. The molecule has 0 amide bonds. The Labute approximate surface area is 62.0 Å². The molecule has 1 nitrogen and oxygen atoms in total. The molecule has 0 spiro atoms. The van der Waals surface area contributed by atoms with Gasteiger partial charge in [-0.05, 0) is 0 Å². The van der Waals surface area contributed by atoms with Gasteiger partial charge in [0.2, 0.25) is 0 Å². The maximum Gasteiger partial charge on any atom is 0.173 e. The fourth-order valence-corrected chi connectivity index (χ4v) is 0.393. The minimum Gasteiger partial charge on any atom is -0.181 e. The average Bonchev–Trinajstić information content (AvgIpc) is 1.97. The van der Waals surface area contributed by atoms with Gasteiger partial charge in [0.25, 0.3) is 0 Å². The van der Waals surface area contributed by atoms with Crippen molar-refractivity contribution in [2.24, 2.45) is 0 Å². The summed E-state index contributed by atoms with van der Waals surface area (Å²) in [7, 11) is 0. The average molecular weight is 134 g/mol. The van der Waals surface area contributed by atoms with E-state index in [1.54, 1.807) is 41.3 Å². The molecule has 0 aliphatic carbocycles. The molecule has 0 aromatic carbocycles. The second-order valence-corrected chi connectivity index (χ2v) is 1.67. The third kappa shape index (κ3) is 4.78. The van der Waals surface area contributed by atoms with Gasteiger partial charge in [-0.15, -0.1) is 0 Å². The van der Waals surface area contributed by atoms with Gasteiger partial charge in [-0.3, -0.25) is 0 Å². The first-order chi connectivity index (χ1) is 4.81. The molecule has 0 bridgehead atoms. The Morgan fingerprint density at radius 3 is 1.60 bits per heavy atom. The fourth-order valence-electron chi connectivity index (χ4n) is 0.393. The number of nitrogens with zero attached hydrogens (tertiary/aromatic N) is 1. The van der Waals surface area contributed by atoms with Crippen LogP contribution in [0.25, 0.3) is 0 Å². The van der Waals surface area contributed by atoms with Gasteiger partial charge in [-0.2, -0.15) is 4.58 Å². The molecule has 0 radical (unpaired) electrons. The van der Waals surface area contributed by atoms with Crippen molar-refractivity contribution in [2.75, 3.05) is 0 Å². The molecule has 0 aliphatic heterocycles. The van der Waals surface area contributed by atoms with Crippen molar-refractivity contribution in [3.8, 4) is 0 Å². The Morgan fingerprint density at radius 2 is 1.30 bits per heavy atom. The van der Waals surface area contributed by atoms with Gasteiger partial charge in [0.05, 0.1) is 0 Å². The van der Waals surface area contributed by atoms with Gasteiger partial charge >= 0.3 is 0 Å². The molecule has 0 heterocycles. The Bertz CT molecular complexity index is 165. The molecule has 0 fully saturated rings. The van der Waals surface area contributed by atoms with E-state index in [4.69, 9.17) is 0 Å². The summed E-state index contributed by atoms with van der Waals surface area (Å²) in [5.41, 5.74) is 0. The number of allylic oxidation sites excluding steroid dienone is 4. The lowest BCUT2D eigenvalue weighted by Gasteiger charge is -1.78. The normalized spacial score (nSPS) is 10.4. The zero-order chi connectivity index (χ0) is 7.82. The van der Waals surface area contributed by atoms with Crippen LogP contribution in [0.2, 0.25) is 0 Å². The molecular weight excluding hydrogens is 122 g/mol. The first-order valence-electron chi connectivity index (χ1n) is 2.98. The number of rotatable bonds is 4. The summed E-state index contributed by atoms with van der Waals surface area (Å²) in [4.78, 5) is 0. The predicted molar refractivity (Wildman–Crippen MR) is 46.1 cm³/mol. The molecule has 0 rings (SSSR count). The van der Waals surface area contributed by atoms with Crippen molar-refractivity contribution in [2.45, 2.75) is 0 Å². The van der Waals surface area contributed by atoms with Crippen LogP contribution in [-0.2, 0) is 0 Å². The van der Waals surface area contributed by atoms with Crippen molar-refractivity contribution in [3.63, 3.8) is 0 Å². The van der Waals surface area contributed by atoms with Crippen molar-refractivity contribution in [1.29, 1.82) is 0 Å². The minimum absolute atomic E-state index is 1.67. The van der Waals surface area contributed by atoms with Crippen LogP contribution in [0.3, 0.4) is 0 Å². The smallest absolute Gasteiger partial charge is 0.173 e. The van der Waals surface area contributed by atoms with E-state index in [1.165, 1.54) is 0 Å². The van der Waals surface area contributed by atoms with E-state index in [9.17, 15) is 0 Å². The van der Waals surface area contributed by atoms with Gasteiger partial charge in [0, 0.05) is 12.2 Å². The van der Waals surface area contributed by atoms with Crippen molar-refractivity contribution in [3.05, 3.63) is 49.9 Å². The van der Waals surface area contributed by atoms with Crippen LogP contribution in [0.1, 0.15) is 0 Å². The Kier molecular flexibility index (Phi) is 4.97. The third-order valence-corrected chi connectivity index (χ3v) is 0.827. The van der Waals surface area contributed by atoms with E-state index in [-0.39, 0.29) is 0 Å². The molecular formula is C9H12N+. The quantitative estimate of drug-likeness (QED) is 0.314. The first kappa shape index (κ1) is 8.63. The summed E-state index contributed by atoms with van der Waals surface area (Å²) < 4.78 is 1.67. The van der Waals surface area contributed by atoms with Crippen LogP contribution in [0.15, 0.2) is 49.9 Å².